The lowest BCUT2D eigenvalue weighted by molar-refractivity contribution is 0.0918. The van der Waals surface area contributed by atoms with E-state index in [1.54, 1.807) is 31.6 Å². The third kappa shape index (κ3) is 4.11. The predicted octanol–water partition coefficient (Wildman–Crippen LogP) is 3.99. The Kier molecular flexibility index (Phi) is 5.01. The van der Waals surface area contributed by atoms with Crippen molar-refractivity contribution in [3.8, 4) is 17.1 Å². The van der Waals surface area contributed by atoms with Crippen LogP contribution in [-0.4, -0.2) is 28.0 Å². The zero-order valence-corrected chi connectivity index (χ0v) is 16.8. The van der Waals surface area contributed by atoms with Gasteiger partial charge in [0.25, 0.3) is 5.91 Å². The Bertz CT molecular complexity index is 1030. The highest BCUT2D eigenvalue weighted by molar-refractivity contribution is 5.94. The largest absolute Gasteiger partial charge is 0.497 e. The van der Waals surface area contributed by atoms with Crippen LogP contribution in [0.5, 0.6) is 5.75 Å². The number of nitrogens with one attached hydrogen (secondary N) is 1. The molecule has 0 saturated carbocycles. The van der Waals surface area contributed by atoms with Crippen LogP contribution in [0.25, 0.3) is 11.4 Å². The minimum absolute atomic E-state index is 0.0171. The Balaban J connectivity index is 1.64. The molecule has 0 saturated heterocycles. The van der Waals surface area contributed by atoms with Gasteiger partial charge in [0.15, 0.2) is 5.82 Å². The monoisotopic (exact) mass is 388 g/mol. The summed E-state index contributed by atoms with van der Waals surface area (Å²) in [5, 5.41) is 3.17. The first kappa shape index (κ1) is 19.1. The Morgan fingerprint density at radius 3 is 2.76 bits per heavy atom. The number of methoxy groups -OCH3 is 1. The van der Waals surface area contributed by atoms with Gasteiger partial charge >= 0.3 is 0 Å². The fourth-order valence-electron chi connectivity index (χ4n) is 3.82. The molecular formula is C23H24N4O2. The van der Waals surface area contributed by atoms with Crippen molar-refractivity contribution < 1.29 is 9.53 Å². The molecule has 1 aliphatic rings. The SMILES string of the molecule is COc1cccc(C(=O)N[C@H]2CC(C)(C)Cc3nc(-c4ccncc4)ncc32)c1. The molecule has 0 fully saturated rings. The Hall–Kier alpha value is -3.28. The van der Waals surface area contributed by atoms with Crippen molar-refractivity contribution in [2.75, 3.05) is 7.11 Å². The summed E-state index contributed by atoms with van der Waals surface area (Å²) in [5.74, 6) is 1.21. The van der Waals surface area contributed by atoms with E-state index in [0.29, 0.717) is 17.1 Å². The standard InChI is InChI=1S/C23H24N4O2/c1-23(2)12-19-18(14-25-21(26-19)15-7-9-24-10-8-15)20(13-23)27-22(28)16-5-4-6-17(11-16)29-3/h4-11,14,20H,12-13H2,1-3H3,(H,27,28)/t20-/m0/s1. The van der Waals surface area contributed by atoms with Gasteiger partial charge in [-0.1, -0.05) is 19.9 Å². The zero-order chi connectivity index (χ0) is 20.4. The minimum Gasteiger partial charge on any atom is -0.497 e. The first-order chi connectivity index (χ1) is 13.9. The highest BCUT2D eigenvalue weighted by atomic mass is 16.5. The van der Waals surface area contributed by atoms with Crippen LogP contribution in [0.15, 0.2) is 55.0 Å². The van der Waals surface area contributed by atoms with E-state index in [1.807, 2.05) is 30.5 Å². The molecule has 2 heterocycles. The Labute approximate surface area is 170 Å². The minimum atomic E-state index is -0.140. The maximum absolute atomic E-state index is 12.9. The van der Waals surface area contributed by atoms with E-state index in [4.69, 9.17) is 9.72 Å². The predicted molar refractivity (Wildman–Crippen MR) is 111 cm³/mol. The average molecular weight is 388 g/mol. The molecule has 148 valence electrons. The summed E-state index contributed by atoms with van der Waals surface area (Å²) in [6.07, 6.45) is 6.99. The van der Waals surface area contributed by atoms with Crippen LogP contribution < -0.4 is 10.1 Å². The van der Waals surface area contributed by atoms with Crippen LogP contribution >= 0.6 is 0 Å². The molecule has 1 amide bonds. The lowest BCUT2D eigenvalue weighted by Gasteiger charge is -2.36. The summed E-state index contributed by atoms with van der Waals surface area (Å²) in [6, 6.07) is 10.8. The van der Waals surface area contributed by atoms with Crippen molar-refractivity contribution in [1.82, 2.24) is 20.3 Å². The number of nitrogens with zero attached hydrogens (tertiary/aromatic N) is 3. The van der Waals surface area contributed by atoms with Gasteiger partial charge in [0.2, 0.25) is 0 Å². The highest BCUT2D eigenvalue weighted by Crippen LogP contribution is 2.40. The average Bonchev–Trinajstić information content (AvgIpc) is 2.73. The molecule has 0 spiro atoms. The topological polar surface area (TPSA) is 77.0 Å². The number of rotatable bonds is 4. The number of amides is 1. The molecule has 0 radical (unpaired) electrons. The van der Waals surface area contributed by atoms with Crippen LogP contribution in [0.3, 0.4) is 0 Å². The normalized spacial score (nSPS) is 17.3. The zero-order valence-electron chi connectivity index (χ0n) is 16.8. The molecule has 3 aromatic rings. The van der Waals surface area contributed by atoms with Gasteiger partial charge in [-0.3, -0.25) is 9.78 Å². The third-order valence-corrected chi connectivity index (χ3v) is 5.25. The fraction of sp³-hybridized carbons (Fsp3) is 0.304. The summed E-state index contributed by atoms with van der Waals surface area (Å²) in [6.45, 7) is 4.41. The number of hydrogen-bond acceptors (Lipinski definition) is 5. The maximum Gasteiger partial charge on any atom is 0.251 e. The Morgan fingerprint density at radius 2 is 2.00 bits per heavy atom. The summed E-state index contributed by atoms with van der Waals surface area (Å²) in [5.41, 5.74) is 3.49. The number of carbonyl (C=O) groups excluding carboxylic acids is 1. The van der Waals surface area contributed by atoms with Gasteiger partial charge in [-0.05, 0) is 48.6 Å². The number of hydrogen-bond donors (Lipinski definition) is 1. The van der Waals surface area contributed by atoms with E-state index in [1.165, 1.54) is 0 Å². The Morgan fingerprint density at radius 1 is 1.21 bits per heavy atom. The summed E-state index contributed by atoms with van der Waals surface area (Å²) >= 11 is 0. The van der Waals surface area contributed by atoms with E-state index >= 15 is 0 Å². The molecule has 1 aromatic carbocycles. The molecule has 29 heavy (non-hydrogen) atoms. The van der Waals surface area contributed by atoms with Crippen LogP contribution in [0.4, 0.5) is 0 Å². The second-order valence-corrected chi connectivity index (χ2v) is 8.13. The molecule has 0 bridgehead atoms. The second-order valence-electron chi connectivity index (χ2n) is 8.13. The lowest BCUT2D eigenvalue weighted by Crippen LogP contribution is -2.37. The molecule has 1 aliphatic carbocycles. The van der Waals surface area contributed by atoms with E-state index in [-0.39, 0.29) is 17.4 Å². The number of aromatic nitrogens is 3. The molecule has 1 N–H and O–H groups in total. The molecule has 0 unspecified atom stereocenters. The van der Waals surface area contributed by atoms with Crippen molar-refractivity contribution >= 4 is 5.91 Å². The molecule has 2 aromatic heterocycles. The van der Waals surface area contributed by atoms with Crippen molar-refractivity contribution in [2.24, 2.45) is 5.41 Å². The quantitative estimate of drug-likeness (QED) is 0.731. The summed E-state index contributed by atoms with van der Waals surface area (Å²) in [7, 11) is 1.59. The molecule has 0 aliphatic heterocycles. The van der Waals surface area contributed by atoms with Crippen molar-refractivity contribution in [3.05, 3.63) is 71.8 Å². The molecule has 4 rings (SSSR count). The van der Waals surface area contributed by atoms with E-state index < -0.39 is 0 Å². The number of fused-ring (bicyclic) bond motifs is 1. The van der Waals surface area contributed by atoms with Crippen molar-refractivity contribution in [2.45, 2.75) is 32.7 Å². The van der Waals surface area contributed by atoms with E-state index in [2.05, 4.69) is 29.1 Å². The van der Waals surface area contributed by atoms with Crippen molar-refractivity contribution in [3.63, 3.8) is 0 Å². The maximum atomic E-state index is 12.9. The number of benzene rings is 1. The van der Waals surface area contributed by atoms with Gasteiger partial charge in [-0.25, -0.2) is 9.97 Å². The molecule has 1 atom stereocenters. The van der Waals surface area contributed by atoms with Gasteiger partial charge in [0.1, 0.15) is 5.75 Å². The summed E-state index contributed by atoms with van der Waals surface area (Å²) in [4.78, 5) is 26.3. The van der Waals surface area contributed by atoms with Gasteiger partial charge in [0, 0.05) is 35.3 Å². The highest BCUT2D eigenvalue weighted by Gasteiger charge is 2.34. The number of carbonyl (C=O) groups is 1. The number of ether oxygens (including phenoxy) is 1. The van der Waals surface area contributed by atoms with Gasteiger partial charge in [0.05, 0.1) is 18.8 Å². The van der Waals surface area contributed by atoms with Gasteiger partial charge in [-0.2, -0.15) is 0 Å². The van der Waals surface area contributed by atoms with E-state index in [9.17, 15) is 4.79 Å². The molecule has 6 nitrogen and oxygen atoms in total. The summed E-state index contributed by atoms with van der Waals surface area (Å²) < 4.78 is 5.24. The van der Waals surface area contributed by atoms with Gasteiger partial charge < -0.3 is 10.1 Å². The first-order valence-corrected chi connectivity index (χ1v) is 9.66. The second kappa shape index (κ2) is 7.62. The van der Waals surface area contributed by atoms with Crippen LogP contribution in [0, 0.1) is 5.41 Å². The molecular weight excluding hydrogens is 364 g/mol. The fourth-order valence-corrected chi connectivity index (χ4v) is 3.82. The third-order valence-electron chi connectivity index (χ3n) is 5.25. The number of pyridine rings is 1. The van der Waals surface area contributed by atoms with E-state index in [0.717, 1.165) is 29.7 Å². The lowest BCUT2D eigenvalue weighted by atomic mass is 9.74. The van der Waals surface area contributed by atoms with Crippen LogP contribution in [0.2, 0.25) is 0 Å². The molecule has 6 heteroatoms. The van der Waals surface area contributed by atoms with Gasteiger partial charge in [-0.15, -0.1) is 0 Å². The van der Waals surface area contributed by atoms with Crippen LogP contribution in [0.1, 0.15) is 47.9 Å². The van der Waals surface area contributed by atoms with Crippen molar-refractivity contribution in [1.29, 1.82) is 0 Å². The smallest absolute Gasteiger partial charge is 0.251 e. The van der Waals surface area contributed by atoms with Crippen LogP contribution in [-0.2, 0) is 6.42 Å². The first-order valence-electron chi connectivity index (χ1n) is 9.66.